The number of aliphatic hydroxyl groups is 1. The Labute approximate surface area is 209 Å². The van der Waals surface area contributed by atoms with Gasteiger partial charge in [0.25, 0.3) is 0 Å². The maximum atomic E-state index is 13.7. The molecule has 2 heterocycles. The second kappa shape index (κ2) is 10.1. The van der Waals surface area contributed by atoms with Crippen LogP contribution in [0.1, 0.15) is 50.8 Å². The topological polar surface area (TPSA) is 87.7 Å². The zero-order chi connectivity index (χ0) is 25.2. The molecule has 1 aliphatic rings. The van der Waals surface area contributed by atoms with Crippen LogP contribution >= 0.6 is 11.6 Å². The standard InChI is InChI=1S/C26H31ClFN3O4/c1-25(2,3)35-24(33)31-10-8-26(9-11-31,18-4-6-20(28)7-5-18)16-34-22(15-32)21-13-19(27)12-17-14-29-30-23(17)21/h4-7,12-14,22,32H,8-11,15-16H2,1-3H3,(H,29,30). The summed E-state index contributed by atoms with van der Waals surface area (Å²) in [6.45, 7) is 6.49. The van der Waals surface area contributed by atoms with Crippen LogP contribution in [0.2, 0.25) is 5.02 Å². The summed E-state index contributed by atoms with van der Waals surface area (Å²) >= 11 is 6.30. The molecule has 35 heavy (non-hydrogen) atoms. The molecule has 0 bridgehead atoms. The van der Waals surface area contributed by atoms with Crippen molar-refractivity contribution in [3.05, 3.63) is 64.6 Å². The van der Waals surface area contributed by atoms with E-state index >= 15 is 0 Å². The lowest BCUT2D eigenvalue weighted by molar-refractivity contribution is -0.0321. The third-order valence-corrected chi connectivity index (χ3v) is 6.66. The van der Waals surface area contributed by atoms with E-state index in [4.69, 9.17) is 21.1 Å². The predicted molar refractivity (Wildman–Crippen MR) is 132 cm³/mol. The van der Waals surface area contributed by atoms with E-state index in [0.717, 1.165) is 16.5 Å². The van der Waals surface area contributed by atoms with Crippen LogP contribution in [0.15, 0.2) is 42.6 Å². The van der Waals surface area contributed by atoms with E-state index in [9.17, 15) is 14.3 Å². The number of hydrogen-bond donors (Lipinski definition) is 2. The van der Waals surface area contributed by atoms with Crippen LogP contribution in [0.4, 0.5) is 9.18 Å². The van der Waals surface area contributed by atoms with Gasteiger partial charge in [-0.25, -0.2) is 9.18 Å². The molecule has 1 aromatic heterocycles. The molecule has 2 N–H and O–H groups in total. The third-order valence-electron chi connectivity index (χ3n) is 6.45. The van der Waals surface area contributed by atoms with Crippen molar-refractivity contribution >= 4 is 28.6 Å². The van der Waals surface area contributed by atoms with Gasteiger partial charge in [-0.1, -0.05) is 23.7 Å². The molecule has 1 unspecified atom stereocenters. The van der Waals surface area contributed by atoms with Crippen molar-refractivity contribution in [2.45, 2.75) is 50.7 Å². The van der Waals surface area contributed by atoms with E-state index in [0.29, 0.717) is 36.5 Å². The number of benzene rings is 2. The van der Waals surface area contributed by atoms with Crippen LogP contribution < -0.4 is 0 Å². The zero-order valence-electron chi connectivity index (χ0n) is 20.2. The van der Waals surface area contributed by atoms with Crippen molar-refractivity contribution in [3.63, 3.8) is 0 Å². The number of ether oxygens (including phenoxy) is 2. The van der Waals surface area contributed by atoms with Gasteiger partial charge in [0.1, 0.15) is 17.5 Å². The highest BCUT2D eigenvalue weighted by molar-refractivity contribution is 6.31. The van der Waals surface area contributed by atoms with E-state index in [-0.39, 0.29) is 25.1 Å². The third kappa shape index (κ3) is 5.77. The van der Waals surface area contributed by atoms with Gasteiger partial charge < -0.3 is 19.5 Å². The summed E-state index contributed by atoms with van der Waals surface area (Å²) < 4.78 is 25.6. The van der Waals surface area contributed by atoms with Gasteiger partial charge in [0.05, 0.1) is 24.9 Å². The number of carbonyl (C=O) groups is 1. The molecular formula is C26H31ClFN3O4. The number of halogens is 2. The normalized spacial score (nSPS) is 16.9. The highest BCUT2D eigenvalue weighted by Gasteiger charge is 2.39. The number of piperidine rings is 1. The van der Waals surface area contributed by atoms with Crippen LogP contribution in [0.25, 0.3) is 10.9 Å². The van der Waals surface area contributed by atoms with Crippen LogP contribution in [0.3, 0.4) is 0 Å². The van der Waals surface area contributed by atoms with Crippen LogP contribution in [-0.2, 0) is 14.9 Å². The van der Waals surface area contributed by atoms with Gasteiger partial charge in [-0.2, -0.15) is 5.10 Å². The van der Waals surface area contributed by atoms with Gasteiger partial charge in [0.2, 0.25) is 0 Å². The van der Waals surface area contributed by atoms with Crippen molar-refractivity contribution < 1.29 is 23.8 Å². The molecule has 1 fully saturated rings. The molecule has 3 aromatic rings. The summed E-state index contributed by atoms with van der Waals surface area (Å²) in [6.07, 6.45) is 1.89. The van der Waals surface area contributed by atoms with Crippen molar-refractivity contribution in [2.24, 2.45) is 0 Å². The lowest BCUT2D eigenvalue weighted by Gasteiger charge is -2.42. The monoisotopic (exact) mass is 503 g/mol. The molecule has 0 aliphatic carbocycles. The Morgan fingerprint density at radius 3 is 2.57 bits per heavy atom. The SMILES string of the molecule is CC(C)(C)OC(=O)N1CCC(COC(CO)c2cc(Cl)cc3cn[nH]c23)(c2ccc(F)cc2)CC1. The second-order valence-corrected chi connectivity index (χ2v) is 10.5. The van der Waals surface area contributed by atoms with E-state index in [2.05, 4.69) is 10.2 Å². The Kier molecular flexibility index (Phi) is 7.35. The van der Waals surface area contributed by atoms with Gasteiger partial charge in [-0.05, 0) is 63.4 Å². The summed E-state index contributed by atoms with van der Waals surface area (Å²) in [5, 5.41) is 18.6. The summed E-state index contributed by atoms with van der Waals surface area (Å²) in [5.41, 5.74) is 1.36. The minimum absolute atomic E-state index is 0.252. The zero-order valence-corrected chi connectivity index (χ0v) is 20.9. The van der Waals surface area contributed by atoms with Gasteiger partial charge in [0, 0.05) is 34.5 Å². The van der Waals surface area contributed by atoms with Gasteiger partial charge in [0.15, 0.2) is 0 Å². The number of nitrogens with one attached hydrogen (secondary N) is 1. The fourth-order valence-electron chi connectivity index (χ4n) is 4.57. The molecule has 2 aromatic carbocycles. The Hall–Kier alpha value is -2.68. The predicted octanol–water partition coefficient (Wildman–Crippen LogP) is 5.37. The first kappa shape index (κ1) is 25.4. The molecule has 188 valence electrons. The van der Waals surface area contributed by atoms with E-state index in [1.807, 2.05) is 20.8 Å². The average Bonchev–Trinajstić information content (AvgIpc) is 3.27. The van der Waals surface area contributed by atoms with Crippen molar-refractivity contribution in [1.29, 1.82) is 0 Å². The molecule has 1 amide bonds. The first-order valence-electron chi connectivity index (χ1n) is 11.7. The van der Waals surface area contributed by atoms with Crippen LogP contribution in [0, 0.1) is 5.82 Å². The summed E-state index contributed by atoms with van der Waals surface area (Å²) in [6, 6.07) is 9.96. The minimum Gasteiger partial charge on any atom is -0.444 e. The Balaban J connectivity index is 1.56. The molecule has 1 aliphatic heterocycles. The molecule has 4 rings (SSSR count). The van der Waals surface area contributed by atoms with Gasteiger partial charge in [-0.3, -0.25) is 5.10 Å². The number of hydrogen-bond acceptors (Lipinski definition) is 5. The number of H-pyrrole nitrogens is 1. The van der Waals surface area contributed by atoms with E-state index in [1.54, 1.807) is 35.4 Å². The lowest BCUT2D eigenvalue weighted by atomic mass is 9.73. The molecule has 0 saturated carbocycles. The number of amides is 1. The van der Waals surface area contributed by atoms with Crippen molar-refractivity contribution in [1.82, 2.24) is 15.1 Å². The number of aromatic amines is 1. The molecule has 1 atom stereocenters. The molecule has 9 heteroatoms. The first-order chi connectivity index (χ1) is 16.6. The summed E-state index contributed by atoms with van der Waals surface area (Å²) in [7, 11) is 0. The molecule has 0 radical (unpaired) electrons. The van der Waals surface area contributed by atoms with Crippen molar-refractivity contribution in [3.8, 4) is 0 Å². The molecule has 7 nitrogen and oxygen atoms in total. The lowest BCUT2D eigenvalue weighted by Crippen LogP contribution is -2.48. The first-order valence-corrected chi connectivity index (χ1v) is 12.1. The van der Waals surface area contributed by atoms with Crippen molar-refractivity contribution in [2.75, 3.05) is 26.3 Å². The number of fused-ring (bicyclic) bond motifs is 1. The summed E-state index contributed by atoms with van der Waals surface area (Å²) in [4.78, 5) is 14.3. The summed E-state index contributed by atoms with van der Waals surface area (Å²) in [5.74, 6) is -0.315. The highest BCUT2D eigenvalue weighted by atomic mass is 35.5. The smallest absolute Gasteiger partial charge is 0.410 e. The fraction of sp³-hybridized carbons (Fsp3) is 0.462. The van der Waals surface area contributed by atoms with E-state index < -0.39 is 17.1 Å². The minimum atomic E-state index is -0.641. The number of nitrogens with zero attached hydrogens (tertiary/aromatic N) is 2. The number of aliphatic hydroxyl groups excluding tert-OH is 1. The van der Waals surface area contributed by atoms with Gasteiger partial charge in [-0.15, -0.1) is 0 Å². The molecule has 0 spiro atoms. The number of likely N-dealkylation sites (tertiary alicyclic amines) is 1. The second-order valence-electron chi connectivity index (χ2n) is 10.1. The Bertz CT molecular complexity index is 1170. The van der Waals surface area contributed by atoms with Gasteiger partial charge >= 0.3 is 6.09 Å². The maximum Gasteiger partial charge on any atom is 0.410 e. The quantitative estimate of drug-likeness (QED) is 0.472. The molecular weight excluding hydrogens is 473 g/mol. The fourth-order valence-corrected chi connectivity index (χ4v) is 4.80. The largest absolute Gasteiger partial charge is 0.444 e. The molecule has 1 saturated heterocycles. The number of aromatic nitrogens is 2. The number of rotatable bonds is 6. The highest BCUT2D eigenvalue weighted by Crippen LogP contribution is 2.38. The van der Waals surface area contributed by atoms with Crippen LogP contribution in [0.5, 0.6) is 0 Å². The Morgan fingerprint density at radius 2 is 1.94 bits per heavy atom. The number of carbonyl (C=O) groups excluding carboxylic acids is 1. The average molecular weight is 504 g/mol. The van der Waals surface area contributed by atoms with Crippen LogP contribution in [-0.4, -0.2) is 58.2 Å². The maximum absolute atomic E-state index is 13.7. The van der Waals surface area contributed by atoms with E-state index in [1.165, 1.54) is 12.1 Å². The Morgan fingerprint density at radius 1 is 1.26 bits per heavy atom.